The fourth-order valence-electron chi connectivity index (χ4n) is 3.74. The summed E-state index contributed by atoms with van der Waals surface area (Å²) in [6, 6.07) is 12.4. The van der Waals surface area contributed by atoms with Gasteiger partial charge >= 0.3 is 12.2 Å². The molecule has 4 rings (SSSR count). The van der Waals surface area contributed by atoms with Crippen LogP contribution in [0.3, 0.4) is 0 Å². The molecule has 0 aliphatic carbocycles. The molecule has 1 aliphatic heterocycles. The number of hydrogen-bond acceptors (Lipinski definition) is 1. The smallest absolute Gasteiger partial charge is 0.347 e. The Hall–Kier alpha value is -2.96. The number of aryl methyl sites for hydroxylation is 1. The number of hydrogen-bond donors (Lipinski definition) is 1. The van der Waals surface area contributed by atoms with E-state index in [1.54, 1.807) is 4.90 Å². The second-order valence-electron chi connectivity index (χ2n) is 6.65. The minimum absolute atomic E-state index is 0.223. The number of carbonyl (C=O) groups is 1. The van der Waals surface area contributed by atoms with Crippen LogP contribution in [0.5, 0.6) is 0 Å². The fraction of sp³-hybridized carbons (Fsp3) is 0.250. The van der Waals surface area contributed by atoms with E-state index in [9.17, 15) is 18.0 Å². The van der Waals surface area contributed by atoms with Gasteiger partial charge in [0.15, 0.2) is 0 Å². The van der Waals surface area contributed by atoms with Crippen molar-refractivity contribution in [2.24, 2.45) is 7.05 Å². The fourth-order valence-corrected chi connectivity index (χ4v) is 3.74. The van der Waals surface area contributed by atoms with Crippen LogP contribution in [0.2, 0.25) is 0 Å². The maximum Gasteiger partial charge on any atom is 0.418 e. The number of anilines is 1. The average molecular weight is 373 g/mol. The number of benzene rings is 2. The Labute approximate surface area is 154 Å². The Balaban J connectivity index is 1.60. The highest BCUT2D eigenvalue weighted by Crippen LogP contribution is 2.35. The zero-order chi connectivity index (χ0) is 19.2. The SMILES string of the molecule is Cn1c2c(c3ccccc31)CN(C(=O)Nc1ccccc1C(F)(F)F)CC2. The highest BCUT2D eigenvalue weighted by Gasteiger charge is 2.34. The van der Waals surface area contributed by atoms with Crippen molar-refractivity contribution in [1.29, 1.82) is 0 Å². The number of carbonyl (C=O) groups excluding carboxylic acids is 1. The third-order valence-corrected chi connectivity index (χ3v) is 5.07. The molecule has 27 heavy (non-hydrogen) atoms. The van der Waals surface area contributed by atoms with E-state index in [1.165, 1.54) is 18.2 Å². The number of aromatic nitrogens is 1. The van der Waals surface area contributed by atoms with Crippen molar-refractivity contribution >= 4 is 22.6 Å². The number of rotatable bonds is 1. The van der Waals surface area contributed by atoms with Crippen molar-refractivity contribution in [3.8, 4) is 0 Å². The summed E-state index contributed by atoms with van der Waals surface area (Å²) in [5, 5.41) is 3.51. The molecular weight excluding hydrogens is 355 g/mol. The maximum atomic E-state index is 13.1. The van der Waals surface area contributed by atoms with E-state index in [1.807, 2.05) is 31.3 Å². The van der Waals surface area contributed by atoms with Crippen molar-refractivity contribution in [3.63, 3.8) is 0 Å². The number of alkyl halides is 3. The van der Waals surface area contributed by atoms with Crippen molar-refractivity contribution < 1.29 is 18.0 Å². The molecule has 0 bridgehead atoms. The van der Waals surface area contributed by atoms with Gasteiger partial charge in [-0.1, -0.05) is 30.3 Å². The molecule has 0 radical (unpaired) electrons. The summed E-state index contributed by atoms with van der Waals surface area (Å²) in [5.74, 6) is 0. The lowest BCUT2D eigenvalue weighted by molar-refractivity contribution is -0.136. The van der Waals surface area contributed by atoms with Crippen LogP contribution >= 0.6 is 0 Å². The highest BCUT2D eigenvalue weighted by atomic mass is 19.4. The molecule has 7 heteroatoms. The molecule has 0 unspecified atom stereocenters. The van der Waals surface area contributed by atoms with E-state index >= 15 is 0 Å². The van der Waals surface area contributed by atoms with Gasteiger partial charge in [-0.05, 0) is 18.2 Å². The maximum absolute atomic E-state index is 13.1. The second-order valence-corrected chi connectivity index (χ2v) is 6.65. The summed E-state index contributed by atoms with van der Waals surface area (Å²) < 4.78 is 41.6. The predicted octanol–water partition coefficient (Wildman–Crippen LogP) is 4.79. The first-order chi connectivity index (χ1) is 12.9. The molecule has 0 saturated carbocycles. The Morgan fingerprint density at radius 2 is 1.78 bits per heavy atom. The topological polar surface area (TPSA) is 37.3 Å². The minimum Gasteiger partial charge on any atom is -0.347 e. The lowest BCUT2D eigenvalue weighted by Gasteiger charge is -2.28. The molecule has 0 saturated heterocycles. The third kappa shape index (κ3) is 3.03. The molecule has 1 aromatic heterocycles. The van der Waals surface area contributed by atoms with Crippen molar-refractivity contribution in [2.75, 3.05) is 11.9 Å². The molecule has 3 aromatic rings. The largest absolute Gasteiger partial charge is 0.418 e. The molecule has 2 aromatic carbocycles. The Morgan fingerprint density at radius 3 is 2.56 bits per heavy atom. The van der Waals surface area contributed by atoms with Crippen LogP contribution in [-0.2, 0) is 26.2 Å². The summed E-state index contributed by atoms with van der Waals surface area (Å²) >= 11 is 0. The molecule has 2 amide bonds. The number of nitrogens with zero attached hydrogens (tertiary/aromatic N) is 2. The molecule has 0 atom stereocenters. The summed E-state index contributed by atoms with van der Waals surface area (Å²) in [7, 11) is 2.00. The van der Waals surface area contributed by atoms with Crippen LogP contribution in [0.1, 0.15) is 16.8 Å². The van der Waals surface area contributed by atoms with Gasteiger partial charge in [-0.15, -0.1) is 0 Å². The summed E-state index contributed by atoms with van der Waals surface area (Å²) in [5.41, 5.74) is 2.24. The Morgan fingerprint density at radius 1 is 1.07 bits per heavy atom. The molecule has 2 heterocycles. The number of amides is 2. The van der Waals surface area contributed by atoms with Gasteiger partial charge in [0.25, 0.3) is 0 Å². The van der Waals surface area contributed by atoms with Crippen LogP contribution < -0.4 is 5.32 Å². The van der Waals surface area contributed by atoms with Gasteiger partial charge in [0, 0.05) is 48.7 Å². The second kappa shape index (κ2) is 6.33. The van der Waals surface area contributed by atoms with Gasteiger partial charge in [-0.3, -0.25) is 0 Å². The first kappa shape index (κ1) is 17.5. The molecule has 1 N–H and O–H groups in total. The number of para-hydroxylation sites is 2. The predicted molar refractivity (Wildman–Crippen MR) is 97.5 cm³/mol. The normalized spacial score (nSPS) is 14.3. The number of fused-ring (bicyclic) bond motifs is 3. The highest BCUT2D eigenvalue weighted by molar-refractivity contribution is 5.92. The number of halogens is 3. The first-order valence-electron chi connectivity index (χ1n) is 8.63. The van der Waals surface area contributed by atoms with Crippen LogP contribution in [0, 0.1) is 0 Å². The van der Waals surface area contributed by atoms with Crippen molar-refractivity contribution in [1.82, 2.24) is 9.47 Å². The Bertz CT molecular complexity index is 1020. The van der Waals surface area contributed by atoms with Gasteiger partial charge in [-0.25, -0.2) is 4.79 Å². The van der Waals surface area contributed by atoms with Gasteiger partial charge in [0.2, 0.25) is 0 Å². The summed E-state index contributed by atoms with van der Waals surface area (Å²) in [6.45, 7) is 0.827. The van der Waals surface area contributed by atoms with Crippen LogP contribution in [0.4, 0.5) is 23.7 Å². The van der Waals surface area contributed by atoms with Crippen LogP contribution in [-0.4, -0.2) is 22.0 Å². The Kier molecular flexibility index (Phi) is 4.09. The number of nitrogens with one attached hydrogen (secondary N) is 1. The minimum atomic E-state index is -4.52. The molecule has 0 spiro atoms. The monoisotopic (exact) mass is 373 g/mol. The number of urea groups is 1. The van der Waals surface area contributed by atoms with Gasteiger partial charge in [0.05, 0.1) is 11.3 Å². The van der Waals surface area contributed by atoms with E-state index < -0.39 is 17.8 Å². The molecule has 140 valence electrons. The van der Waals surface area contributed by atoms with E-state index in [0.717, 1.165) is 28.2 Å². The zero-order valence-corrected chi connectivity index (χ0v) is 14.7. The van der Waals surface area contributed by atoms with Crippen molar-refractivity contribution in [3.05, 3.63) is 65.4 Å². The quantitative estimate of drug-likeness (QED) is 0.654. The van der Waals surface area contributed by atoms with E-state index in [4.69, 9.17) is 0 Å². The summed E-state index contributed by atoms with van der Waals surface area (Å²) in [4.78, 5) is 14.2. The molecule has 1 aliphatic rings. The van der Waals surface area contributed by atoms with Crippen LogP contribution in [0.15, 0.2) is 48.5 Å². The lowest BCUT2D eigenvalue weighted by atomic mass is 10.0. The van der Waals surface area contributed by atoms with E-state index in [-0.39, 0.29) is 5.69 Å². The average Bonchev–Trinajstić information content (AvgIpc) is 2.94. The standard InChI is InChI=1S/C20H18F3N3O/c1-25-17-9-5-2-6-13(17)14-12-26(11-10-18(14)25)19(27)24-16-8-4-3-7-15(16)20(21,22)23/h2-9H,10-12H2,1H3,(H,24,27). The third-order valence-electron chi connectivity index (χ3n) is 5.07. The molecule has 4 nitrogen and oxygen atoms in total. The van der Waals surface area contributed by atoms with Gasteiger partial charge in [-0.2, -0.15) is 13.2 Å². The van der Waals surface area contributed by atoms with Crippen molar-refractivity contribution in [2.45, 2.75) is 19.1 Å². The van der Waals surface area contributed by atoms with Gasteiger partial charge < -0.3 is 14.8 Å². The first-order valence-corrected chi connectivity index (χ1v) is 8.63. The molecular formula is C20H18F3N3O. The van der Waals surface area contributed by atoms with E-state index in [0.29, 0.717) is 19.5 Å². The van der Waals surface area contributed by atoms with Crippen LogP contribution in [0.25, 0.3) is 10.9 Å². The van der Waals surface area contributed by atoms with Gasteiger partial charge in [0.1, 0.15) is 0 Å². The molecule has 0 fully saturated rings. The summed E-state index contributed by atoms with van der Waals surface area (Å²) in [6.07, 6.45) is -3.86. The van der Waals surface area contributed by atoms with E-state index in [2.05, 4.69) is 9.88 Å². The zero-order valence-electron chi connectivity index (χ0n) is 14.7. The lowest BCUT2D eigenvalue weighted by Crippen LogP contribution is -2.39.